The van der Waals surface area contributed by atoms with E-state index in [4.69, 9.17) is 47.4 Å². The molecule has 410 valence electrons. The topological polar surface area (TPSA) is 150 Å². The first-order valence-corrected chi connectivity index (χ1v) is 26.9. The van der Waals surface area contributed by atoms with Crippen LogP contribution in [0.15, 0.2) is 212 Å². The molecule has 8 aromatic carbocycles. The van der Waals surface area contributed by atoms with Crippen molar-refractivity contribution in [2.75, 3.05) is 20.3 Å². The van der Waals surface area contributed by atoms with Crippen LogP contribution >= 0.6 is 0 Å². The maximum Gasteiger partial charge on any atom is 0.262 e. The van der Waals surface area contributed by atoms with Gasteiger partial charge in [0.25, 0.3) is 11.8 Å². The van der Waals surface area contributed by atoms with E-state index in [0.717, 1.165) is 43.5 Å². The second-order valence-corrected chi connectivity index (χ2v) is 19.9. The molecule has 3 aliphatic rings. The summed E-state index contributed by atoms with van der Waals surface area (Å²) in [6.07, 6.45) is -10.1. The molecule has 3 heterocycles. The Bertz CT molecular complexity index is 3230. The minimum absolute atomic E-state index is 0.0174. The van der Waals surface area contributed by atoms with Crippen LogP contribution in [0.3, 0.4) is 0 Å². The normalized spacial score (nSPS) is 23.7. The molecule has 3 aliphatic heterocycles. The smallest absolute Gasteiger partial charge is 0.262 e. The Morgan fingerprint density at radius 3 is 1.49 bits per heavy atom. The van der Waals surface area contributed by atoms with Gasteiger partial charge < -0.3 is 52.5 Å². The monoisotopic (exact) mass is 1080 g/mol. The zero-order chi connectivity index (χ0) is 54.6. The molecule has 0 saturated carbocycles. The average molecular weight is 1080 g/mol. The number of benzene rings is 8. The molecule has 0 radical (unpaired) electrons. The number of rotatable bonds is 23. The van der Waals surface area contributed by atoms with Crippen LogP contribution in [0.4, 0.5) is 0 Å². The molecular weight excluding hydrogens is 1010 g/mol. The highest BCUT2D eigenvalue weighted by atomic mass is 16.8. The Morgan fingerprint density at radius 2 is 0.912 bits per heavy atom. The van der Waals surface area contributed by atoms with E-state index in [1.807, 2.05) is 140 Å². The largest absolute Gasteiger partial charge is 0.497 e. The maximum absolute atomic E-state index is 14.9. The number of nitrogens with zero attached hydrogens (tertiary/aromatic N) is 1. The van der Waals surface area contributed by atoms with Gasteiger partial charge in [-0.3, -0.25) is 14.5 Å². The number of imide groups is 1. The molecule has 2 fully saturated rings. The van der Waals surface area contributed by atoms with Crippen molar-refractivity contribution in [1.29, 1.82) is 0 Å². The number of amides is 2. The zero-order valence-electron chi connectivity index (χ0n) is 44.2. The van der Waals surface area contributed by atoms with Gasteiger partial charge in [-0.1, -0.05) is 170 Å². The molecule has 0 spiro atoms. The van der Waals surface area contributed by atoms with E-state index in [1.165, 1.54) is 0 Å². The molecule has 10 atom stereocenters. The third-order valence-corrected chi connectivity index (χ3v) is 14.6. The molecule has 14 heteroatoms. The summed E-state index contributed by atoms with van der Waals surface area (Å²) >= 11 is 0. The Hall–Kier alpha value is -7.60. The van der Waals surface area contributed by atoms with E-state index in [9.17, 15) is 14.7 Å². The van der Waals surface area contributed by atoms with Crippen molar-refractivity contribution in [2.45, 2.75) is 94.4 Å². The van der Waals surface area contributed by atoms with Crippen molar-refractivity contribution in [3.63, 3.8) is 0 Å². The summed E-state index contributed by atoms with van der Waals surface area (Å²) in [4.78, 5) is 31.0. The molecule has 80 heavy (non-hydrogen) atoms. The van der Waals surface area contributed by atoms with E-state index in [-0.39, 0.29) is 50.8 Å². The highest BCUT2D eigenvalue weighted by Gasteiger charge is 2.58. The lowest BCUT2D eigenvalue weighted by molar-refractivity contribution is -0.363. The summed E-state index contributed by atoms with van der Waals surface area (Å²) < 4.78 is 68.4. The van der Waals surface area contributed by atoms with Crippen LogP contribution in [0, 0.1) is 0 Å². The van der Waals surface area contributed by atoms with E-state index >= 15 is 0 Å². The lowest BCUT2D eigenvalue weighted by Gasteiger charge is -2.51. The molecule has 0 bridgehead atoms. The Labute approximate surface area is 465 Å². The highest BCUT2D eigenvalue weighted by molar-refractivity contribution is 6.21. The second kappa shape index (κ2) is 26.1. The van der Waals surface area contributed by atoms with Crippen molar-refractivity contribution < 1.29 is 62.1 Å². The third-order valence-electron chi connectivity index (χ3n) is 14.6. The SMILES string of the molecule is COc1ccc(O[C@@H]2O[C@H](COCc3ccccc3)[C@@H](O[C@@H]3O[C@H](CO)[C@@H](OCc4ccccc4)[C@H](OCc4ccc5ccccc5c4)[C@@H]3OCc3ccccc3)[C@H](OCc3ccccc3)[C@H]2N2C(=O)c3ccccc3C2=O)cc1. The summed E-state index contributed by atoms with van der Waals surface area (Å²) in [6, 6.07) is 65.4. The summed E-state index contributed by atoms with van der Waals surface area (Å²) in [5, 5.41) is 13.6. The summed E-state index contributed by atoms with van der Waals surface area (Å²) in [5.74, 6) is -0.167. The first-order chi connectivity index (χ1) is 39.4. The van der Waals surface area contributed by atoms with Crippen molar-refractivity contribution in [3.8, 4) is 11.5 Å². The molecule has 0 unspecified atom stereocenters. The Morgan fingerprint density at radius 1 is 0.438 bits per heavy atom. The van der Waals surface area contributed by atoms with Gasteiger partial charge in [0, 0.05) is 0 Å². The van der Waals surface area contributed by atoms with Gasteiger partial charge in [-0.25, -0.2) is 0 Å². The molecular formula is C66H63NO13. The van der Waals surface area contributed by atoms with E-state index < -0.39 is 79.8 Å². The molecule has 1 N–H and O–H groups in total. The number of hydrogen-bond acceptors (Lipinski definition) is 13. The molecule has 0 aliphatic carbocycles. The maximum atomic E-state index is 14.9. The fourth-order valence-corrected chi connectivity index (χ4v) is 10.6. The van der Waals surface area contributed by atoms with Crippen LogP contribution in [-0.2, 0) is 70.9 Å². The van der Waals surface area contributed by atoms with E-state index in [1.54, 1.807) is 55.6 Å². The summed E-state index contributed by atoms with van der Waals surface area (Å²) in [6.45, 7) is 0.0521. The van der Waals surface area contributed by atoms with Crippen LogP contribution in [0.25, 0.3) is 10.8 Å². The number of fused-ring (bicyclic) bond motifs is 2. The van der Waals surface area contributed by atoms with Crippen molar-refractivity contribution in [3.05, 3.63) is 251 Å². The zero-order valence-corrected chi connectivity index (χ0v) is 44.2. The third kappa shape index (κ3) is 12.7. The predicted molar refractivity (Wildman–Crippen MR) is 297 cm³/mol. The van der Waals surface area contributed by atoms with Gasteiger partial charge in [0.15, 0.2) is 6.29 Å². The minimum Gasteiger partial charge on any atom is -0.497 e. The van der Waals surface area contributed by atoms with Gasteiger partial charge in [-0.15, -0.1) is 0 Å². The first kappa shape index (κ1) is 54.4. The molecule has 11 rings (SSSR count). The standard InChI is InChI=1S/C66H63NO13/c1-71-51-32-34-52(35-33-51)77-65-57(67-63(69)53-28-16-17-29-54(53)64(67)70)60(74-40-46-22-10-4-11-23-46)59(56(79-65)43-72-38-44-18-6-2-7-19-44)80-66-62(76-41-47-24-12-5-13-25-47)61(75-42-48-30-31-49-26-14-15-27-50(49)36-48)58(55(37-68)78-66)73-39-45-20-8-3-9-21-45/h2-36,55-62,65-66,68H,37-43H2,1H3/t55-,56-,57-,58-,59-,60-,61+,62+,65-,66+/m1/s1. The van der Waals surface area contributed by atoms with Gasteiger partial charge in [-0.05, 0) is 81.1 Å². The molecule has 8 aromatic rings. The van der Waals surface area contributed by atoms with Crippen LogP contribution < -0.4 is 9.47 Å². The Balaban J connectivity index is 1.02. The minimum atomic E-state index is -1.35. The fourth-order valence-electron chi connectivity index (χ4n) is 10.6. The lowest BCUT2D eigenvalue weighted by atomic mass is 9.93. The molecule has 2 amide bonds. The van der Waals surface area contributed by atoms with Crippen molar-refractivity contribution in [2.24, 2.45) is 0 Å². The van der Waals surface area contributed by atoms with Gasteiger partial charge in [0.1, 0.15) is 60.3 Å². The van der Waals surface area contributed by atoms with Gasteiger partial charge in [0.05, 0.1) is 64.5 Å². The van der Waals surface area contributed by atoms with Crippen LogP contribution in [-0.4, -0.2) is 103 Å². The van der Waals surface area contributed by atoms with Crippen LogP contribution in [0.1, 0.15) is 48.5 Å². The number of methoxy groups -OCH3 is 1. The van der Waals surface area contributed by atoms with Crippen LogP contribution in [0.2, 0.25) is 0 Å². The van der Waals surface area contributed by atoms with Crippen LogP contribution in [0.5, 0.6) is 11.5 Å². The highest BCUT2D eigenvalue weighted by Crippen LogP contribution is 2.40. The number of aliphatic hydroxyl groups is 1. The van der Waals surface area contributed by atoms with Gasteiger partial charge in [0.2, 0.25) is 6.29 Å². The first-order valence-electron chi connectivity index (χ1n) is 26.9. The number of ether oxygens (including phenoxy) is 10. The number of carbonyl (C=O) groups is 2. The quantitative estimate of drug-likeness (QED) is 0.0606. The van der Waals surface area contributed by atoms with E-state index in [2.05, 4.69) is 24.3 Å². The average Bonchev–Trinajstić information content (AvgIpc) is 3.84. The van der Waals surface area contributed by atoms with Gasteiger partial charge in [-0.2, -0.15) is 0 Å². The van der Waals surface area contributed by atoms with Gasteiger partial charge >= 0.3 is 0 Å². The summed E-state index contributed by atoms with van der Waals surface area (Å²) in [5.41, 5.74) is 4.83. The fraction of sp³-hybridized carbons (Fsp3) is 0.273. The molecule has 14 nitrogen and oxygen atoms in total. The molecule has 2 saturated heterocycles. The second-order valence-electron chi connectivity index (χ2n) is 19.9. The number of carbonyl (C=O) groups excluding carboxylic acids is 2. The summed E-state index contributed by atoms with van der Waals surface area (Å²) in [7, 11) is 1.57. The number of hydrogen-bond donors (Lipinski definition) is 1. The molecule has 0 aromatic heterocycles. The predicted octanol–water partition coefficient (Wildman–Crippen LogP) is 10.3. The lowest BCUT2D eigenvalue weighted by Crippen LogP contribution is -2.69. The number of aliphatic hydroxyl groups excluding tert-OH is 1. The van der Waals surface area contributed by atoms with E-state index in [0.29, 0.717) is 11.5 Å². The van der Waals surface area contributed by atoms with Crippen molar-refractivity contribution >= 4 is 22.6 Å². The van der Waals surface area contributed by atoms with Crippen molar-refractivity contribution in [1.82, 2.24) is 4.90 Å². The Kier molecular flexibility index (Phi) is 17.7.